The van der Waals surface area contributed by atoms with Gasteiger partial charge in [-0.25, -0.2) is 0 Å². The number of aromatic nitrogens is 1. The van der Waals surface area contributed by atoms with E-state index in [1.807, 2.05) is 24.4 Å². The van der Waals surface area contributed by atoms with Gasteiger partial charge in [0.15, 0.2) is 0 Å². The molecule has 4 heteroatoms. The molecule has 15 heavy (non-hydrogen) atoms. The van der Waals surface area contributed by atoms with Gasteiger partial charge in [-0.3, -0.25) is 4.79 Å². The first-order valence-corrected chi connectivity index (χ1v) is 5.53. The lowest BCUT2D eigenvalue weighted by Crippen LogP contribution is -2.14. The Hall–Kier alpha value is -1.29. The lowest BCUT2D eigenvalue weighted by Gasteiger charge is -2.00. The van der Waals surface area contributed by atoms with Crippen LogP contribution in [-0.4, -0.2) is 17.9 Å². The Kier molecular flexibility index (Phi) is 3.06. The molecule has 0 bridgehead atoms. The molecule has 0 unspecified atom stereocenters. The monoisotopic (exact) mass is 266 g/mol. The zero-order valence-corrected chi connectivity index (χ0v) is 9.67. The standard InChI is InChI=1S/C11H11BrN2O/c12-9-2-1-3-10-11(9)8(6-14-10)4-5-13-7-15/h1-3,6-7,14H,4-5H2,(H,13,15). The van der Waals surface area contributed by atoms with Gasteiger partial charge in [0.05, 0.1) is 0 Å². The summed E-state index contributed by atoms with van der Waals surface area (Å²) in [5, 5.41) is 3.86. The first kappa shape index (κ1) is 10.2. The van der Waals surface area contributed by atoms with E-state index in [1.54, 1.807) is 0 Å². The van der Waals surface area contributed by atoms with Gasteiger partial charge in [0, 0.05) is 28.1 Å². The Morgan fingerprint density at radius 2 is 2.33 bits per heavy atom. The molecule has 0 aliphatic rings. The number of aromatic amines is 1. The normalized spacial score (nSPS) is 10.5. The van der Waals surface area contributed by atoms with E-state index in [1.165, 1.54) is 10.9 Å². The molecule has 1 amide bonds. The second-order valence-electron chi connectivity index (χ2n) is 3.30. The van der Waals surface area contributed by atoms with Gasteiger partial charge in [-0.1, -0.05) is 22.0 Å². The molecule has 2 rings (SSSR count). The molecular weight excluding hydrogens is 256 g/mol. The largest absolute Gasteiger partial charge is 0.361 e. The van der Waals surface area contributed by atoms with Crippen molar-refractivity contribution < 1.29 is 4.79 Å². The SMILES string of the molecule is O=CNCCc1c[nH]c2cccc(Br)c12. The van der Waals surface area contributed by atoms with Crippen molar-refractivity contribution >= 4 is 33.2 Å². The predicted octanol–water partition coefficient (Wildman–Crippen LogP) is 2.22. The highest BCUT2D eigenvalue weighted by molar-refractivity contribution is 9.10. The summed E-state index contributed by atoms with van der Waals surface area (Å²) in [6.07, 6.45) is 3.55. The molecule has 0 fully saturated rings. The minimum Gasteiger partial charge on any atom is -0.361 e. The van der Waals surface area contributed by atoms with E-state index in [0.29, 0.717) is 6.54 Å². The number of carbonyl (C=O) groups excluding carboxylic acids is 1. The van der Waals surface area contributed by atoms with Gasteiger partial charge in [0.2, 0.25) is 6.41 Å². The highest BCUT2D eigenvalue weighted by atomic mass is 79.9. The van der Waals surface area contributed by atoms with Crippen molar-refractivity contribution in [3.8, 4) is 0 Å². The van der Waals surface area contributed by atoms with Crippen molar-refractivity contribution in [3.63, 3.8) is 0 Å². The Bertz CT molecular complexity index is 478. The Balaban J connectivity index is 2.31. The molecule has 2 aromatic rings. The minimum absolute atomic E-state index is 0.664. The lowest BCUT2D eigenvalue weighted by atomic mass is 10.1. The van der Waals surface area contributed by atoms with E-state index in [0.717, 1.165) is 22.8 Å². The molecular formula is C11H11BrN2O. The maximum atomic E-state index is 10.1. The fraction of sp³-hybridized carbons (Fsp3) is 0.182. The third-order valence-corrected chi connectivity index (χ3v) is 3.02. The van der Waals surface area contributed by atoms with Gasteiger partial charge in [0.1, 0.15) is 0 Å². The molecule has 1 aromatic heterocycles. The first-order valence-electron chi connectivity index (χ1n) is 4.74. The number of amides is 1. The van der Waals surface area contributed by atoms with Gasteiger partial charge >= 0.3 is 0 Å². The van der Waals surface area contributed by atoms with Crippen LogP contribution in [0, 0.1) is 0 Å². The number of benzene rings is 1. The van der Waals surface area contributed by atoms with Crippen LogP contribution in [0.4, 0.5) is 0 Å². The molecule has 3 nitrogen and oxygen atoms in total. The van der Waals surface area contributed by atoms with Crippen molar-refractivity contribution in [2.24, 2.45) is 0 Å². The molecule has 0 saturated carbocycles. The summed E-state index contributed by atoms with van der Waals surface area (Å²) in [4.78, 5) is 13.3. The summed E-state index contributed by atoms with van der Waals surface area (Å²) in [6.45, 7) is 0.664. The minimum atomic E-state index is 0.664. The van der Waals surface area contributed by atoms with Crippen molar-refractivity contribution in [3.05, 3.63) is 34.4 Å². The molecule has 2 N–H and O–H groups in total. The Morgan fingerprint density at radius 3 is 3.13 bits per heavy atom. The molecule has 1 heterocycles. The van der Waals surface area contributed by atoms with E-state index < -0.39 is 0 Å². The Morgan fingerprint density at radius 1 is 1.47 bits per heavy atom. The maximum Gasteiger partial charge on any atom is 0.207 e. The van der Waals surface area contributed by atoms with Crippen LogP contribution in [0.15, 0.2) is 28.9 Å². The third kappa shape index (κ3) is 2.04. The van der Waals surface area contributed by atoms with Crippen LogP contribution >= 0.6 is 15.9 Å². The van der Waals surface area contributed by atoms with Gasteiger partial charge < -0.3 is 10.3 Å². The van der Waals surface area contributed by atoms with E-state index >= 15 is 0 Å². The number of hydrogen-bond acceptors (Lipinski definition) is 1. The van der Waals surface area contributed by atoms with Gasteiger partial charge in [-0.05, 0) is 24.1 Å². The van der Waals surface area contributed by atoms with E-state index in [2.05, 4.69) is 26.2 Å². The van der Waals surface area contributed by atoms with Crippen LogP contribution in [0.5, 0.6) is 0 Å². The lowest BCUT2D eigenvalue weighted by molar-refractivity contribution is -0.109. The number of H-pyrrole nitrogens is 1. The van der Waals surface area contributed by atoms with E-state index in [9.17, 15) is 4.79 Å². The number of carbonyl (C=O) groups is 1. The second kappa shape index (κ2) is 4.49. The second-order valence-corrected chi connectivity index (χ2v) is 4.15. The molecule has 0 spiro atoms. The molecule has 1 aromatic carbocycles. The van der Waals surface area contributed by atoms with Crippen LogP contribution in [0.3, 0.4) is 0 Å². The summed E-state index contributed by atoms with van der Waals surface area (Å²) in [5.74, 6) is 0. The van der Waals surface area contributed by atoms with Crippen molar-refractivity contribution in [2.75, 3.05) is 6.54 Å². The first-order chi connectivity index (χ1) is 7.33. The van der Waals surface area contributed by atoms with Crippen molar-refractivity contribution in [2.45, 2.75) is 6.42 Å². The molecule has 0 radical (unpaired) electrons. The average Bonchev–Trinajstić information content (AvgIpc) is 2.63. The van der Waals surface area contributed by atoms with Crippen molar-refractivity contribution in [1.82, 2.24) is 10.3 Å². The highest BCUT2D eigenvalue weighted by Gasteiger charge is 2.05. The quantitative estimate of drug-likeness (QED) is 0.647. The fourth-order valence-corrected chi connectivity index (χ4v) is 2.29. The van der Waals surface area contributed by atoms with Gasteiger partial charge in [-0.15, -0.1) is 0 Å². The number of fused-ring (bicyclic) bond motifs is 1. The predicted molar refractivity (Wildman–Crippen MR) is 63.8 cm³/mol. The fourth-order valence-electron chi connectivity index (χ4n) is 1.67. The van der Waals surface area contributed by atoms with E-state index in [4.69, 9.17) is 0 Å². The summed E-state index contributed by atoms with van der Waals surface area (Å²) in [6, 6.07) is 6.06. The summed E-state index contributed by atoms with van der Waals surface area (Å²) in [5.41, 5.74) is 2.33. The van der Waals surface area contributed by atoms with Gasteiger partial charge in [-0.2, -0.15) is 0 Å². The van der Waals surface area contributed by atoms with Crippen molar-refractivity contribution in [1.29, 1.82) is 0 Å². The smallest absolute Gasteiger partial charge is 0.207 e. The highest BCUT2D eigenvalue weighted by Crippen LogP contribution is 2.26. The third-order valence-electron chi connectivity index (χ3n) is 2.36. The zero-order chi connectivity index (χ0) is 10.7. The molecule has 0 aliphatic heterocycles. The van der Waals surface area contributed by atoms with Crippen LogP contribution in [0.25, 0.3) is 10.9 Å². The Labute approximate surface area is 96.0 Å². The number of halogens is 1. The van der Waals surface area contributed by atoms with Crippen LogP contribution in [0.1, 0.15) is 5.56 Å². The summed E-state index contributed by atoms with van der Waals surface area (Å²) in [7, 11) is 0. The number of nitrogens with one attached hydrogen (secondary N) is 2. The molecule has 0 saturated heterocycles. The number of hydrogen-bond donors (Lipinski definition) is 2. The maximum absolute atomic E-state index is 10.1. The van der Waals surface area contributed by atoms with E-state index in [-0.39, 0.29) is 0 Å². The summed E-state index contributed by atoms with van der Waals surface area (Å²) >= 11 is 3.53. The molecule has 0 aliphatic carbocycles. The molecule has 0 atom stereocenters. The molecule has 78 valence electrons. The van der Waals surface area contributed by atoms with Crippen LogP contribution in [0.2, 0.25) is 0 Å². The summed E-state index contributed by atoms with van der Waals surface area (Å²) < 4.78 is 1.09. The van der Waals surface area contributed by atoms with Crippen LogP contribution < -0.4 is 5.32 Å². The van der Waals surface area contributed by atoms with Crippen LogP contribution in [-0.2, 0) is 11.2 Å². The topological polar surface area (TPSA) is 44.9 Å². The zero-order valence-electron chi connectivity index (χ0n) is 8.09. The number of rotatable bonds is 4. The average molecular weight is 267 g/mol. The van der Waals surface area contributed by atoms with Gasteiger partial charge in [0.25, 0.3) is 0 Å².